The number of carbonyl (C=O) groups is 1. The topological polar surface area (TPSA) is 70.2 Å². The molecule has 0 radical (unpaired) electrons. The lowest BCUT2D eigenvalue weighted by Gasteiger charge is -2.16. The molecule has 1 aromatic heterocycles. The van der Waals surface area contributed by atoms with E-state index in [1.165, 1.54) is 4.90 Å². The minimum atomic E-state index is -4.66. The second-order valence-electron chi connectivity index (χ2n) is 4.93. The van der Waals surface area contributed by atoms with E-state index in [1.54, 1.807) is 6.20 Å². The molecule has 1 atom stereocenters. The molecule has 1 N–H and O–H groups in total. The first-order valence-electron chi connectivity index (χ1n) is 6.21. The van der Waals surface area contributed by atoms with Crippen LogP contribution in [0.25, 0.3) is 10.9 Å². The third kappa shape index (κ3) is 2.29. The fourth-order valence-electron chi connectivity index (χ4n) is 2.57. The Morgan fingerprint density at radius 1 is 1.35 bits per heavy atom. The summed E-state index contributed by atoms with van der Waals surface area (Å²) in [7, 11) is -4.66. The Morgan fingerprint density at radius 2 is 2.15 bits per heavy atom. The number of carbonyl (C=O) groups excluding carboxylic acids is 1. The summed E-state index contributed by atoms with van der Waals surface area (Å²) < 4.78 is 34.8. The number of aromatic nitrogens is 1. The molecule has 1 unspecified atom stereocenters. The third-order valence-electron chi connectivity index (χ3n) is 3.62. The average Bonchev–Trinajstić information content (AvgIpc) is 2.96. The van der Waals surface area contributed by atoms with Crippen LogP contribution in [0.4, 0.5) is 3.89 Å². The zero-order valence-electron chi connectivity index (χ0n) is 10.5. The summed E-state index contributed by atoms with van der Waals surface area (Å²) in [6.45, 7) is 0.207. The zero-order valence-corrected chi connectivity index (χ0v) is 11.4. The van der Waals surface area contributed by atoms with E-state index in [0.29, 0.717) is 6.54 Å². The van der Waals surface area contributed by atoms with E-state index in [2.05, 4.69) is 4.98 Å². The molecule has 106 valence electrons. The Labute approximate surface area is 115 Å². The minimum absolute atomic E-state index is 0.0848. The first kappa shape index (κ1) is 13.1. The van der Waals surface area contributed by atoms with Gasteiger partial charge in [0.25, 0.3) is 0 Å². The molecule has 1 aliphatic rings. The van der Waals surface area contributed by atoms with Gasteiger partial charge in [-0.3, -0.25) is 4.79 Å². The van der Waals surface area contributed by atoms with Crippen molar-refractivity contribution in [1.29, 1.82) is 0 Å². The van der Waals surface area contributed by atoms with Crippen molar-refractivity contribution in [1.82, 2.24) is 9.88 Å². The van der Waals surface area contributed by atoms with Crippen LogP contribution in [-0.2, 0) is 21.6 Å². The average molecular weight is 296 g/mol. The number of nitrogens with zero attached hydrogens (tertiary/aromatic N) is 1. The van der Waals surface area contributed by atoms with Gasteiger partial charge in [-0.15, -0.1) is 3.89 Å². The smallest absolute Gasteiger partial charge is 0.307 e. The van der Waals surface area contributed by atoms with Crippen LogP contribution in [0.5, 0.6) is 0 Å². The first-order chi connectivity index (χ1) is 9.45. The van der Waals surface area contributed by atoms with Gasteiger partial charge >= 0.3 is 10.2 Å². The maximum Gasteiger partial charge on any atom is 0.307 e. The highest BCUT2D eigenvalue weighted by atomic mass is 32.3. The van der Waals surface area contributed by atoms with Crippen molar-refractivity contribution in [2.24, 2.45) is 0 Å². The summed E-state index contributed by atoms with van der Waals surface area (Å²) in [5.41, 5.74) is 1.86. The maximum atomic E-state index is 13.0. The zero-order chi connectivity index (χ0) is 14.3. The predicted molar refractivity (Wildman–Crippen MR) is 72.1 cm³/mol. The highest BCUT2D eigenvalue weighted by Gasteiger charge is 2.38. The van der Waals surface area contributed by atoms with Gasteiger partial charge in [-0.25, -0.2) is 0 Å². The molecule has 5 nitrogen and oxygen atoms in total. The minimum Gasteiger partial charge on any atom is -0.361 e. The van der Waals surface area contributed by atoms with Gasteiger partial charge in [0.05, 0.1) is 0 Å². The number of halogens is 1. The molecule has 0 aliphatic carbocycles. The molecule has 1 aromatic carbocycles. The summed E-state index contributed by atoms with van der Waals surface area (Å²) >= 11 is 0. The number of H-pyrrole nitrogens is 1. The van der Waals surface area contributed by atoms with E-state index >= 15 is 0 Å². The Balaban J connectivity index is 1.85. The lowest BCUT2D eigenvalue weighted by Crippen LogP contribution is -2.26. The monoisotopic (exact) mass is 296 g/mol. The fourth-order valence-corrected chi connectivity index (χ4v) is 3.27. The highest BCUT2D eigenvalue weighted by Crippen LogP contribution is 2.24. The maximum absolute atomic E-state index is 13.0. The Morgan fingerprint density at radius 3 is 2.85 bits per heavy atom. The van der Waals surface area contributed by atoms with Gasteiger partial charge < -0.3 is 9.88 Å². The molecular formula is C13H13FN2O3S. The number of rotatable bonds is 3. The van der Waals surface area contributed by atoms with Crippen molar-refractivity contribution in [2.45, 2.75) is 18.2 Å². The summed E-state index contributed by atoms with van der Waals surface area (Å²) in [6.07, 6.45) is 1.52. The molecule has 2 aromatic rings. The van der Waals surface area contributed by atoms with Gasteiger partial charge in [-0.1, -0.05) is 12.1 Å². The standard InChI is InChI=1S/C13H13FN2O3S/c14-20(18,19)10-6-13(17)16(8-10)7-9-2-1-3-12-11(9)4-5-15-12/h1-5,10,15H,6-8H2. The molecule has 1 amide bonds. The van der Waals surface area contributed by atoms with E-state index in [1.807, 2.05) is 24.3 Å². The summed E-state index contributed by atoms with van der Waals surface area (Å²) in [5, 5.41) is -0.257. The number of hydrogen-bond acceptors (Lipinski definition) is 3. The number of hydrogen-bond donors (Lipinski definition) is 1. The van der Waals surface area contributed by atoms with E-state index in [9.17, 15) is 17.1 Å². The molecule has 1 aliphatic heterocycles. The third-order valence-corrected chi connectivity index (χ3v) is 4.74. The van der Waals surface area contributed by atoms with Crippen molar-refractivity contribution in [3.8, 4) is 0 Å². The molecule has 0 saturated carbocycles. The number of likely N-dealkylation sites (tertiary alicyclic amines) is 1. The van der Waals surface area contributed by atoms with Crippen LogP contribution >= 0.6 is 0 Å². The van der Waals surface area contributed by atoms with E-state index in [0.717, 1.165) is 16.5 Å². The summed E-state index contributed by atoms with van der Waals surface area (Å²) in [5.74, 6) is -0.330. The van der Waals surface area contributed by atoms with Crippen LogP contribution in [0.3, 0.4) is 0 Å². The van der Waals surface area contributed by atoms with Crippen molar-refractivity contribution < 1.29 is 17.1 Å². The number of aromatic amines is 1. The van der Waals surface area contributed by atoms with Gasteiger partial charge in [-0.2, -0.15) is 8.42 Å². The van der Waals surface area contributed by atoms with Crippen molar-refractivity contribution in [3.63, 3.8) is 0 Å². The highest BCUT2D eigenvalue weighted by molar-refractivity contribution is 7.87. The van der Waals surface area contributed by atoms with E-state index in [-0.39, 0.29) is 18.9 Å². The van der Waals surface area contributed by atoms with E-state index in [4.69, 9.17) is 0 Å². The first-order valence-corrected chi connectivity index (χ1v) is 7.66. The van der Waals surface area contributed by atoms with Crippen LogP contribution in [0.15, 0.2) is 30.5 Å². The van der Waals surface area contributed by atoms with Crippen LogP contribution in [-0.4, -0.2) is 36.0 Å². The van der Waals surface area contributed by atoms with Crippen molar-refractivity contribution in [2.75, 3.05) is 6.54 Å². The van der Waals surface area contributed by atoms with Crippen LogP contribution in [0.2, 0.25) is 0 Å². The molecule has 3 rings (SSSR count). The van der Waals surface area contributed by atoms with Gasteiger partial charge in [0.1, 0.15) is 5.25 Å². The molecule has 1 saturated heterocycles. The predicted octanol–water partition coefficient (Wildman–Crippen LogP) is 1.57. The number of fused-ring (bicyclic) bond motifs is 1. The second kappa shape index (κ2) is 4.59. The molecule has 2 heterocycles. The summed E-state index contributed by atoms with van der Waals surface area (Å²) in [4.78, 5) is 16.3. The fraction of sp³-hybridized carbons (Fsp3) is 0.308. The lowest BCUT2D eigenvalue weighted by molar-refractivity contribution is -0.128. The lowest BCUT2D eigenvalue weighted by atomic mass is 10.1. The molecule has 0 spiro atoms. The van der Waals surface area contributed by atoms with Crippen LogP contribution in [0, 0.1) is 0 Å². The molecule has 7 heteroatoms. The Kier molecular flexibility index (Phi) is 3.01. The molecule has 1 fully saturated rings. The largest absolute Gasteiger partial charge is 0.361 e. The summed E-state index contributed by atoms with van der Waals surface area (Å²) in [6, 6.07) is 7.55. The molecular weight excluding hydrogens is 283 g/mol. The van der Waals surface area contributed by atoms with Gasteiger partial charge in [0, 0.05) is 36.6 Å². The normalized spacial score (nSPS) is 19.9. The Hall–Kier alpha value is -1.89. The number of benzene rings is 1. The molecule has 0 bridgehead atoms. The van der Waals surface area contributed by atoms with Crippen molar-refractivity contribution in [3.05, 3.63) is 36.0 Å². The number of nitrogens with one attached hydrogen (secondary N) is 1. The van der Waals surface area contributed by atoms with Crippen LogP contribution < -0.4 is 0 Å². The second-order valence-corrected chi connectivity index (χ2v) is 6.55. The van der Waals surface area contributed by atoms with Gasteiger partial charge in [-0.05, 0) is 17.7 Å². The molecule has 20 heavy (non-hydrogen) atoms. The Bertz CT molecular complexity index is 769. The van der Waals surface area contributed by atoms with Gasteiger partial charge in [0.15, 0.2) is 0 Å². The number of amides is 1. The quantitative estimate of drug-likeness (QED) is 0.874. The SMILES string of the molecule is O=C1CC(S(=O)(=O)F)CN1Cc1cccc2[nH]ccc12. The van der Waals surface area contributed by atoms with E-state index < -0.39 is 15.5 Å². The van der Waals surface area contributed by atoms with Crippen LogP contribution in [0.1, 0.15) is 12.0 Å². The van der Waals surface area contributed by atoms with Gasteiger partial charge in [0.2, 0.25) is 5.91 Å². The van der Waals surface area contributed by atoms with Crippen molar-refractivity contribution >= 4 is 27.0 Å².